The second-order valence-electron chi connectivity index (χ2n) is 27.8. The van der Waals surface area contributed by atoms with Crippen LogP contribution >= 0.6 is 0 Å². The van der Waals surface area contributed by atoms with Gasteiger partial charge in [-0.1, -0.05) is 10.3 Å². The Kier molecular flexibility index (Phi) is 25.0. The van der Waals surface area contributed by atoms with Crippen LogP contribution in [-0.2, 0) is 34.4 Å². The van der Waals surface area contributed by atoms with Crippen LogP contribution in [0.4, 0.5) is 67.2 Å². The largest absolute Gasteiger partial charge is 0.461 e. The van der Waals surface area contributed by atoms with E-state index in [4.69, 9.17) is 23.5 Å². The number of hydrogen-bond acceptors (Lipinski definition) is 31. The molecule has 0 amide bonds. The van der Waals surface area contributed by atoms with Crippen molar-refractivity contribution in [1.82, 2.24) is 110 Å². The molecule has 115 heavy (non-hydrogen) atoms. The summed E-state index contributed by atoms with van der Waals surface area (Å²) in [6.07, 6.45) is 6.94. The summed E-state index contributed by atoms with van der Waals surface area (Å²) in [5, 5.41) is 46.3. The molecule has 4 aliphatic carbocycles. The number of hydroxylamine groups is 2. The van der Waals surface area contributed by atoms with Gasteiger partial charge in [-0.3, -0.25) is 0 Å². The number of carbonyl (C=O) groups excluding carboxylic acids is 1. The number of nitrogens with zero attached hydrogens (tertiary/aromatic N) is 22. The fourth-order valence-electron chi connectivity index (χ4n) is 12.7. The zero-order chi connectivity index (χ0) is 81.2. The van der Waals surface area contributed by atoms with Gasteiger partial charge in [-0.05, 0) is 96.4 Å². The lowest BCUT2D eigenvalue weighted by Gasteiger charge is -2.29. The first-order valence-electron chi connectivity index (χ1n) is 36.9. The molecule has 16 rings (SSSR count). The van der Waals surface area contributed by atoms with E-state index < -0.39 is 43.0 Å². The van der Waals surface area contributed by atoms with Gasteiger partial charge in [0.15, 0.2) is 29.8 Å². The van der Waals surface area contributed by atoms with Gasteiger partial charge >= 0.3 is 5.97 Å². The van der Waals surface area contributed by atoms with Crippen molar-refractivity contribution in [3.05, 3.63) is 119 Å². The molecule has 0 spiro atoms. The maximum Gasteiger partial charge on any atom is 0.358 e. The van der Waals surface area contributed by atoms with E-state index in [9.17, 15) is 53.8 Å². The number of ether oxygens (including phenoxy) is 1. The fraction of sp³-hybridized carbons (Fsp3) is 0.500. The molecule has 45 heteroatoms. The van der Waals surface area contributed by atoms with Crippen molar-refractivity contribution in [1.29, 1.82) is 0 Å². The second-order valence-corrected chi connectivity index (χ2v) is 27.8. The molecule has 0 bridgehead atoms. The topological polar surface area (TPSA) is 414 Å². The van der Waals surface area contributed by atoms with Gasteiger partial charge in [0.2, 0.25) is 47.1 Å². The van der Waals surface area contributed by atoms with E-state index >= 15 is 0 Å². The highest BCUT2D eigenvalue weighted by Crippen LogP contribution is 2.39. The van der Waals surface area contributed by atoms with Gasteiger partial charge in [-0.15, -0.1) is 0 Å². The highest BCUT2D eigenvalue weighted by molar-refractivity contribution is 5.98. The summed E-state index contributed by atoms with van der Waals surface area (Å²) in [4.78, 5) is 74.7. The quantitative estimate of drug-likeness (QED) is 0.0259. The number of esters is 1. The molecule has 7 N–H and O–H groups in total. The van der Waals surface area contributed by atoms with Crippen molar-refractivity contribution in [2.75, 3.05) is 27.9 Å². The third kappa shape index (κ3) is 21.8. The number of hydrogen-bond donors (Lipinski definition) is 7. The van der Waals surface area contributed by atoms with Crippen molar-refractivity contribution in [2.24, 2.45) is 9.98 Å². The SMILES string of the molecule is CC1N=C(c2cc(NC3CCC(F)(F)CC3)nc(-n3ccc(CF)n3)n2)NO1.CC1N=C(c2cc(NC3CCC(F)(F)CC3)nc(-n3ccc(CO)n3)n2)NO1.CCOC(=O)c1ccn(-c2nc(NC3CCC(F)(F)CC3)cc(-c3noc(C)n3)n2)n1.Cc1nc(-c2cc(NC3CCC(F)(F)CC3)nc(-n3ccc(CF)n3)n2)no1. The number of amidine groups is 2. The molecule has 35 nitrogen and oxygen atoms in total. The zero-order valence-electron chi connectivity index (χ0n) is 62.5. The molecular weight excluding hydrogens is 1530 g/mol. The van der Waals surface area contributed by atoms with Crippen LogP contribution in [0.2, 0.25) is 0 Å². The molecule has 10 aromatic heterocycles. The molecular formula is C70H80F10N28O7. The summed E-state index contributed by atoms with van der Waals surface area (Å²) in [5.41, 5.74) is 8.19. The number of alkyl halides is 10. The number of aliphatic hydroxyl groups excluding tert-OH is 1. The lowest BCUT2D eigenvalue weighted by molar-refractivity contribution is -0.0366. The number of anilines is 4. The molecule has 4 saturated carbocycles. The van der Waals surface area contributed by atoms with Crippen LogP contribution in [0.5, 0.6) is 0 Å². The molecule has 2 unspecified atom stereocenters. The Balaban J connectivity index is 0.000000134. The van der Waals surface area contributed by atoms with Crippen molar-refractivity contribution in [3.8, 4) is 46.8 Å². The first-order valence-corrected chi connectivity index (χ1v) is 36.9. The molecule has 12 heterocycles. The number of aryl methyl sites for hydroxylation is 2. The molecule has 0 radical (unpaired) electrons. The van der Waals surface area contributed by atoms with Gasteiger partial charge in [-0.25, -0.2) is 118 Å². The summed E-state index contributed by atoms with van der Waals surface area (Å²) < 4.78 is 154. The molecule has 612 valence electrons. The average molecular weight is 1620 g/mol. The average Bonchev–Trinajstić information content (AvgIpc) is 1.70. The van der Waals surface area contributed by atoms with Crippen LogP contribution in [0.25, 0.3) is 46.8 Å². The second kappa shape index (κ2) is 35.3. The molecule has 4 fully saturated rings. The third-order valence-electron chi connectivity index (χ3n) is 18.7. The lowest BCUT2D eigenvalue weighted by atomic mass is 9.92. The smallest absolute Gasteiger partial charge is 0.358 e. The van der Waals surface area contributed by atoms with E-state index in [2.05, 4.69) is 123 Å². The van der Waals surface area contributed by atoms with E-state index in [-0.39, 0.29) is 154 Å². The third-order valence-corrected chi connectivity index (χ3v) is 18.7. The van der Waals surface area contributed by atoms with E-state index in [0.29, 0.717) is 127 Å². The van der Waals surface area contributed by atoms with Gasteiger partial charge in [-0.2, -0.15) is 50.3 Å². The van der Waals surface area contributed by atoms with E-state index in [1.807, 2.05) is 0 Å². The van der Waals surface area contributed by atoms with E-state index in [1.165, 1.54) is 43.1 Å². The molecule has 10 aromatic rings. The normalized spacial score (nSPS) is 19.2. The van der Waals surface area contributed by atoms with Crippen molar-refractivity contribution < 1.29 is 77.3 Å². The summed E-state index contributed by atoms with van der Waals surface area (Å²) in [7, 11) is 0. The van der Waals surface area contributed by atoms with Gasteiger partial charge in [0, 0.05) is 138 Å². The fourth-order valence-corrected chi connectivity index (χ4v) is 12.7. The minimum atomic E-state index is -2.62. The first kappa shape index (κ1) is 81.3. The monoisotopic (exact) mass is 1610 g/mol. The Morgan fingerprint density at radius 2 is 0.783 bits per heavy atom. The van der Waals surface area contributed by atoms with Crippen LogP contribution in [0.15, 0.2) is 92.3 Å². The van der Waals surface area contributed by atoms with Crippen LogP contribution in [-0.4, -0.2) is 189 Å². The highest BCUT2D eigenvalue weighted by Gasteiger charge is 2.39. The number of carbonyl (C=O) groups is 1. The Morgan fingerprint density at radius 3 is 1.07 bits per heavy atom. The van der Waals surface area contributed by atoms with Crippen LogP contribution in [0, 0.1) is 13.8 Å². The summed E-state index contributed by atoms with van der Waals surface area (Å²) in [6, 6.07) is 12.3. The minimum absolute atomic E-state index is 0.102. The Labute approximate surface area is 647 Å². The lowest BCUT2D eigenvalue weighted by Crippen LogP contribution is -2.32. The number of halogens is 10. The maximum atomic E-state index is 13.5. The molecule has 0 saturated heterocycles. The maximum absolute atomic E-state index is 13.5. The predicted molar refractivity (Wildman–Crippen MR) is 388 cm³/mol. The molecule has 6 aliphatic rings. The van der Waals surface area contributed by atoms with Crippen molar-refractivity contribution in [3.63, 3.8) is 0 Å². The Morgan fingerprint density at radius 1 is 0.470 bits per heavy atom. The molecule has 0 aromatic carbocycles. The van der Waals surface area contributed by atoms with Crippen LogP contribution in [0.1, 0.15) is 174 Å². The number of aromatic nitrogens is 20. The number of aliphatic imine (C=N–C) groups is 2. The number of nitrogens with one attached hydrogen (secondary N) is 6. The summed E-state index contributed by atoms with van der Waals surface area (Å²) >= 11 is 0. The van der Waals surface area contributed by atoms with E-state index in [1.54, 1.807) is 83.5 Å². The number of rotatable bonds is 21. The van der Waals surface area contributed by atoms with Gasteiger partial charge in [0.05, 0.1) is 30.3 Å². The Bertz CT molecular complexity index is 4870. The zero-order valence-corrected chi connectivity index (χ0v) is 62.5. The number of aliphatic hydroxyl groups is 1. The van der Waals surface area contributed by atoms with Gasteiger partial charge in [0.25, 0.3) is 23.8 Å². The van der Waals surface area contributed by atoms with Crippen molar-refractivity contribution in [2.45, 2.75) is 218 Å². The van der Waals surface area contributed by atoms with Crippen LogP contribution < -0.4 is 32.2 Å². The van der Waals surface area contributed by atoms with Gasteiger partial charge < -0.3 is 40.2 Å². The summed E-state index contributed by atoms with van der Waals surface area (Å²) in [6.45, 7) is 7.17. The Hall–Kier alpha value is -11.8. The molecule has 2 atom stereocenters. The highest BCUT2D eigenvalue weighted by atomic mass is 19.3. The molecule has 2 aliphatic heterocycles. The first-order chi connectivity index (χ1) is 55.1. The predicted octanol–water partition coefficient (Wildman–Crippen LogP) is 11.2. The van der Waals surface area contributed by atoms with E-state index in [0.717, 1.165) is 0 Å². The van der Waals surface area contributed by atoms with Crippen LogP contribution in [0.3, 0.4) is 0 Å². The minimum Gasteiger partial charge on any atom is -0.461 e. The standard InChI is InChI=1S/C19H21F2N7O3.C17H20F3N7O.C17H18F3N7O.C17H21F2N7O2/c1-3-30-17(29)13-6-9-28(26-13)18-24-14(16-22-11(2)31-27-16)10-15(25-18)23-12-4-7-19(20,21)8-5-12;2*1-10-21-15(26-28-10)13-8-14(22-11-2-5-17(19,20)6-3-11)24-16(23-13)27-7-4-12(9-18)25-27;1-10-20-15(25-28-10)13-8-14(21-11-2-5-17(18,19)6-3-11)23-16(22-13)26-7-4-12(9-27)24-26/h6,9-10,12H,3-5,7-8H2,1-2H3,(H,23,24,25);4,7-8,10-11H,2-3,5-6,9H2,1H3,(H,21,26)(H,22,23,24);4,7-8,11H,2-3,5-6,9H2,1H3,(H,22,23,24);4,7-8,10-11,27H,2-3,5-6,9H2,1H3,(H,20,25)(H,21,22,23). The van der Waals surface area contributed by atoms with Gasteiger partial charge in [0.1, 0.15) is 59.4 Å². The summed E-state index contributed by atoms with van der Waals surface area (Å²) in [5.74, 6) is -6.28. The van der Waals surface area contributed by atoms with Crippen molar-refractivity contribution >= 4 is 40.9 Å².